The van der Waals surface area contributed by atoms with Gasteiger partial charge in [-0.15, -0.1) is 5.10 Å². The van der Waals surface area contributed by atoms with E-state index in [0.29, 0.717) is 21.1 Å². The minimum atomic E-state index is -0.372. The number of nitrogens with zero attached hydrogens (tertiary/aromatic N) is 3. The van der Waals surface area contributed by atoms with Crippen LogP contribution < -0.4 is 14.8 Å². The Bertz CT molecular complexity index is 1190. The van der Waals surface area contributed by atoms with Crippen molar-refractivity contribution in [2.24, 2.45) is 0 Å². The first-order chi connectivity index (χ1) is 12.6. The van der Waals surface area contributed by atoms with E-state index in [2.05, 4.69) is 10.1 Å². The van der Waals surface area contributed by atoms with E-state index in [1.165, 1.54) is 22.8 Å². The zero-order chi connectivity index (χ0) is 18.1. The van der Waals surface area contributed by atoms with Gasteiger partial charge in [-0.3, -0.25) is 9.59 Å². The molecular formula is C19H13N3O3S. The maximum Gasteiger partial charge on any atom is 0.308 e. The normalized spacial score (nSPS) is 11.8. The molecule has 0 aliphatic rings. The molecule has 0 unspecified atom stereocenters. The first-order valence-corrected chi connectivity index (χ1v) is 8.67. The Labute approximate surface area is 152 Å². The number of esters is 1. The molecule has 2 aromatic heterocycles. The van der Waals surface area contributed by atoms with Crippen LogP contribution in [0.3, 0.4) is 0 Å². The molecule has 0 spiro atoms. The van der Waals surface area contributed by atoms with Crippen molar-refractivity contribution < 1.29 is 9.53 Å². The van der Waals surface area contributed by atoms with E-state index in [1.54, 1.807) is 30.3 Å². The highest BCUT2D eigenvalue weighted by Crippen LogP contribution is 2.16. The molecule has 0 bridgehead atoms. The van der Waals surface area contributed by atoms with Crippen LogP contribution in [0, 0.1) is 0 Å². The van der Waals surface area contributed by atoms with E-state index in [-0.39, 0.29) is 11.5 Å². The Hall–Kier alpha value is -3.32. The van der Waals surface area contributed by atoms with Gasteiger partial charge in [0.1, 0.15) is 5.75 Å². The van der Waals surface area contributed by atoms with E-state index in [1.807, 2.05) is 30.3 Å². The largest absolute Gasteiger partial charge is 0.427 e. The minimum absolute atomic E-state index is 0.205. The molecule has 0 saturated carbocycles. The second kappa shape index (κ2) is 6.53. The van der Waals surface area contributed by atoms with Gasteiger partial charge < -0.3 is 4.74 Å². The summed E-state index contributed by atoms with van der Waals surface area (Å²) in [6, 6.07) is 16.5. The Morgan fingerprint density at radius 3 is 2.50 bits per heavy atom. The Kier molecular flexibility index (Phi) is 4.06. The van der Waals surface area contributed by atoms with Gasteiger partial charge >= 0.3 is 5.97 Å². The zero-order valence-electron chi connectivity index (χ0n) is 13.7. The summed E-state index contributed by atoms with van der Waals surface area (Å²) in [7, 11) is 0. The quantitative estimate of drug-likeness (QED) is 0.412. The summed E-state index contributed by atoms with van der Waals surface area (Å²) in [5, 5.41) is 4.32. The van der Waals surface area contributed by atoms with Crippen LogP contribution in [0.4, 0.5) is 0 Å². The van der Waals surface area contributed by atoms with Crippen molar-refractivity contribution >= 4 is 28.3 Å². The Morgan fingerprint density at radius 1 is 1.12 bits per heavy atom. The lowest BCUT2D eigenvalue weighted by atomic mass is 10.2. The van der Waals surface area contributed by atoms with Gasteiger partial charge in [0.15, 0.2) is 5.82 Å². The summed E-state index contributed by atoms with van der Waals surface area (Å²) in [5.74, 6) is 0.627. The van der Waals surface area contributed by atoms with Gasteiger partial charge in [-0.05, 0) is 23.8 Å². The highest BCUT2D eigenvalue weighted by atomic mass is 32.1. The second-order valence-corrected chi connectivity index (χ2v) is 6.58. The maximum absolute atomic E-state index is 12.6. The molecule has 0 aliphatic carbocycles. The molecule has 7 heteroatoms. The van der Waals surface area contributed by atoms with Crippen LogP contribution in [0.2, 0.25) is 0 Å². The molecule has 2 aromatic carbocycles. The van der Waals surface area contributed by atoms with Crippen LogP contribution >= 0.6 is 11.3 Å². The van der Waals surface area contributed by atoms with Crippen molar-refractivity contribution in [3.63, 3.8) is 0 Å². The monoisotopic (exact) mass is 363 g/mol. The van der Waals surface area contributed by atoms with Gasteiger partial charge in [-0.1, -0.05) is 53.8 Å². The highest BCUT2D eigenvalue weighted by Gasteiger charge is 2.11. The fourth-order valence-electron chi connectivity index (χ4n) is 2.49. The van der Waals surface area contributed by atoms with Gasteiger partial charge in [0.25, 0.3) is 5.56 Å². The predicted molar refractivity (Wildman–Crippen MR) is 99.1 cm³/mol. The number of rotatable bonds is 3. The molecule has 0 fully saturated rings. The number of carbonyl (C=O) groups is 1. The van der Waals surface area contributed by atoms with Crippen LogP contribution in [0.25, 0.3) is 22.4 Å². The molecule has 0 radical (unpaired) electrons. The highest BCUT2D eigenvalue weighted by molar-refractivity contribution is 7.15. The van der Waals surface area contributed by atoms with Gasteiger partial charge in [0.2, 0.25) is 4.96 Å². The number of carbonyl (C=O) groups excluding carboxylic acids is 1. The molecule has 0 N–H and O–H groups in total. The molecule has 0 amide bonds. The molecule has 26 heavy (non-hydrogen) atoms. The first kappa shape index (κ1) is 16.2. The smallest absolute Gasteiger partial charge is 0.308 e. The number of hydrogen-bond donors (Lipinski definition) is 0. The molecule has 0 atom stereocenters. The van der Waals surface area contributed by atoms with E-state index < -0.39 is 0 Å². The van der Waals surface area contributed by atoms with E-state index >= 15 is 0 Å². The average Bonchev–Trinajstić information content (AvgIpc) is 3.17. The van der Waals surface area contributed by atoms with Crippen molar-refractivity contribution in [2.45, 2.75) is 6.92 Å². The lowest BCUT2D eigenvalue weighted by Gasteiger charge is -2.00. The van der Waals surface area contributed by atoms with Gasteiger partial charge in [-0.25, -0.2) is 0 Å². The molecule has 2 heterocycles. The van der Waals surface area contributed by atoms with E-state index in [4.69, 9.17) is 4.74 Å². The number of benzene rings is 2. The predicted octanol–water partition coefficient (Wildman–Crippen LogP) is 2.29. The maximum atomic E-state index is 12.6. The number of fused-ring (bicyclic) bond motifs is 1. The number of thiazole rings is 1. The lowest BCUT2D eigenvalue weighted by molar-refractivity contribution is -0.131. The third-order valence-corrected chi connectivity index (χ3v) is 4.61. The Morgan fingerprint density at radius 2 is 1.85 bits per heavy atom. The third-order valence-electron chi connectivity index (χ3n) is 3.65. The summed E-state index contributed by atoms with van der Waals surface area (Å²) < 4.78 is 6.86. The molecular weight excluding hydrogens is 350 g/mol. The van der Waals surface area contributed by atoms with Gasteiger partial charge in [-0.2, -0.15) is 9.50 Å². The topological polar surface area (TPSA) is 73.6 Å². The molecule has 4 aromatic rings. The molecule has 128 valence electrons. The standard InChI is InChI=1S/C19H13N3O3S/c1-12(23)25-15-9-7-13(8-10-15)11-16-18(24)22-19(26-16)20-17(21-22)14-5-3-2-4-6-14/h2-11H,1H3/b16-11+. The summed E-state index contributed by atoms with van der Waals surface area (Å²) in [6.45, 7) is 1.35. The number of hydrogen-bond acceptors (Lipinski definition) is 6. The van der Waals surface area contributed by atoms with Gasteiger partial charge in [0.05, 0.1) is 4.53 Å². The van der Waals surface area contributed by atoms with Crippen LogP contribution in [0.5, 0.6) is 5.75 Å². The van der Waals surface area contributed by atoms with Crippen molar-refractivity contribution in [1.29, 1.82) is 0 Å². The minimum Gasteiger partial charge on any atom is -0.427 e. The van der Waals surface area contributed by atoms with Crippen LogP contribution in [-0.2, 0) is 4.79 Å². The van der Waals surface area contributed by atoms with Crippen LogP contribution in [0.15, 0.2) is 59.4 Å². The SMILES string of the molecule is CC(=O)Oc1ccc(/C=c2/sc3nc(-c4ccccc4)nn3c2=O)cc1. The fourth-order valence-corrected chi connectivity index (χ4v) is 3.40. The third kappa shape index (κ3) is 3.12. The van der Waals surface area contributed by atoms with E-state index in [9.17, 15) is 9.59 Å². The number of aromatic nitrogens is 3. The molecule has 0 saturated heterocycles. The average molecular weight is 363 g/mol. The first-order valence-electron chi connectivity index (χ1n) is 7.85. The van der Waals surface area contributed by atoms with Gasteiger partial charge in [0, 0.05) is 12.5 Å². The van der Waals surface area contributed by atoms with Crippen LogP contribution in [-0.4, -0.2) is 20.6 Å². The fraction of sp³-hybridized carbons (Fsp3) is 0.0526. The zero-order valence-corrected chi connectivity index (χ0v) is 14.6. The Balaban J connectivity index is 1.70. The van der Waals surface area contributed by atoms with Crippen LogP contribution in [0.1, 0.15) is 12.5 Å². The molecule has 4 rings (SSSR count). The number of ether oxygens (including phenoxy) is 1. The van der Waals surface area contributed by atoms with E-state index in [0.717, 1.165) is 11.1 Å². The second-order valence-electron chi connectivity index (χ2n) is 5.57. The summed E-state index contributed by atoms with van der Waals surface area (Å²) in [6.07, 6.45) is 1.77. The van der Waals surface area contributed by atoms with Crippen molar-refractivity contribution in [1.82, 2.24) is 14.6 Å². The summed E-state index contributed by atoms with van der Waals surface area (Å²) >= 11 is 1.29. The summed E-state index contributed by atoms with van der Waals surface area (Å²) in [4.78, 5) is 28.5. The van der Waals surface area contributed by atoms with Crippen molar-refractivity contribution in [3.05, 3.63) is 75.0 Å². The molecule has 0 aliphatic heterocycles. The van der Waals surface area contributed by atoms with Crippen molar-refractivity contribution in [3.8, 4) is 17.1 Å². The molecule has 6 nitrogen and oxygen atoms in total. The van der Waals surface area contributed by atoms with Crippen molar-refractivity contribution in [2.75, 3.05) is 0 Å². The summed E-state index contributed by atoms with van der Waals surface area (Å²) in [5.41, 5.74) is 1.49. The lowest BCUT2D eigenvalue weighted by Crippen LogP contribution is -2.23.